The summed E-state index contributed by atoms with van der Waals surface area (Å²) in [5.74, 6) is 0.452. The zero-order chi connectivity index (χ0) is 22.0. The number of anilines is 1. The second kappa shape index (κ2) is 8.83. The van der Waals surface area contributed by atoms with E-state index in [4.69, 9.17) is 16.3 Å². The first-order valence-corrected chi connectivity index (χ1v) is 10.6. The lowest BCUT2D eigenvalue weighted by atomic mass is 10.2. The van der Waals surface area contributed by atoms with E-state index in [-0.39, 0.29) is 22.9 Å². The second-order valence-corrected chi connectivity index (χ2v) is 8.00. The number of rotatable bonds is 6. The Kier molecular flexibility index (Phi) is 5.97. The van der Waals surface area contributed by atoms with Gasteiger partial charge in [0, 0.05) is 23.1 Å². The number of ether oxygens (including phenoxy) is 1. The maximum absolute atomic E-state index is 12.9. The van der Waals surface area contributed by atoms with Crippen LogP contribution in [0.1, 0.15) is 5.56 Å². The van der Waals surface area contributed by atoms with Gasteiger partial charge >= 0.3 is 5.56 Å². The predicted octanol–water partition coefficient (Wildman–Crippen LogP) is 3.58. The topological polar surface area (TPSA) is 90.5 Å². The molecule has 1 N–H and O–H groups in total. The van der Waals surface area contributed by atoms with Crippen molar-refractivity contribution in [2.45, 2.75) is 12.1 Å². The SMILES string of the molecule is COc1ccccc1-n1ccn2c(SCC(=O)Nc3cc(Cl)ccc3C)nnc2c1=O. The molecule has 4 aromatic rings. The van der Waals surface area contributed by atoms with Crippen LogP contribution in [0.5, 0.6) is 5.75 Å². The normalized spacial score (nSPS) is 10.9. The summed E-state index contributed by atoms with van der Waals surface area (Å²) in [5.41, 5.74) is 1.98. The Hall–Kier alpha value is -3.30. The van der Waals surface area contributed by atoms with Gasteiger partial charge in [-0.25, -0.2) is 0 Å². The minimum absolute atomic E-state index is 0.0995. The van der Waals surface area contributed by atoms with E-state index in [0.717, 1.165) is 5.56 Å². The number of thioether (sulfide) groups is 1. The first kappa shape index (κ1) is 21.0. The van der Waals surface area contributed by atoms with Crippen LogP contribution in [0.2, 0.25) is 5.02 Å². The lowest BCUT2D eigenvalue weighted by Gasteiger charge is -2.10. The molecule has 0 spiro atoms. The smallest absolute Gasteiger partial charge is 0.300 e. The van der Waals surface area contributed by atoms with Crippen molar-refractivity contribution >= 4 is 40.6 Å². The van der Waals surface area contributed by atoms with Gasteiger partial charge in [0.15, 0.2) is 5.16 Å². The van der Waals surface area contributed by atoms with Gasteiger partial charge in [0.1, 0.15) is 5.75 Å². The number of carbonyl (C=O) groups is 1. The fraction of sp³-hybridized carbons (Fsp3) is 0.143. The quantitative estimate of drug-likeness (QED) is 0.447. The number of nitrogens with zero attached hydrogens (tertiary/aromatic N) is 4. The first-order chi connectivity index (χ1) is 15.0. The van der Waals surface area contributed by atoms with Crippen LogP contribution in [-0.2, 0) is 4.79 Å². The molecule has 0 saturated heterocycles. The van der Waals surface area contributed by atoms with Gasteiger partial charge in [0.05, 0.1) is 18.6 Å². The zero-order valence-corrected chi connectivity index (χ0v) is 18.3. The lowest BCUT2D eigenvalue weighted by Crippen LogP contribution is -2.20. The summed E-state index contributed by atoms with van der Waals surface area (Å²) in [4.78, 5) is 25.3. The third kappa shape index (κ3) is 4.28. The molecule has 2 heterocycles. The van der Waals surface area contributed by atoms with E-state index >= 15 is 0 Å². The Morgan fingerprint density at radius 3 is 2.81 bits per heavy atom. The number of hydrogen-bond acceptors (Lipinski definition) is 6. The van der Waals surface area contributed by atoms with Crippen LogP contribution in [0.25, 0.3) is 11.3 Å². The van der Waals surface area contributed by atoms with E-state index in [0.29, 0.717) is 27.3 Å². The van der Waals surface area contributed by atoms with Crippen LogP contribution in [0, 0.1) is 6.92 Å². The van der Waals surface area contributed by atoms with Crippen LogP contribution < -0.4 is 15.6 Å². The van der Waals surface area contributed by atoms with Gasteiger partial charge in [-0.15, -0.1) is 10.2 Å². The van der Waals surface area contributed by atoms with Crippen molar-refractivity contribution in [1.82, 2.24) is 19.2 Å². The standard InChI is InChI=1S/C21H18ClN5O3S/c1-13-7-8-14(22)11-15(13)23-18(28)12-31-21-25-24-19-20(29)26(9-10-27(19)21)16-5-3-4-6-17(16)30-2/h3-11H,12H2,1-2H3,(H,23,28). The number of carbonyl (C=O) groups excluding carboxylic acids is 1. The molecule has 0 atom stereocenters. The van der Waals surface area contributed by atoms with Crippen molar-refractivity contribution < 1.29 is 9.53 Å². The van der Waals surface area contributed by atoms with E-state index in [1.165, 1.54) is 16.3 Å². The number of benzene rings is 2. The van der Waals surface area contributed by atoms with Gasteiger partial charge in [-0.3, -0.25) is 18.6 Å². The minimum atomic E-state index is -0.342. The average Bonchev–Trinajstić information content (AvgIpc) is 3.19. The number of aryl methyl sites for hydroxylation is 1. The number of amides is 1. The molecule has 8 nitrogen and oxygen atoms in total. The number of aromatic nitrogens is 4. The third-order valence-electron chi connectivity index (χ3n) is 4.59. The number of halogens is 1. The summed E-state index contributed by atoms with van der Waals surface area (Å²) in [6.45, 7) is 1.89. The summed E-state index contributed by atoms with van der Waals surface area (Å²) < 4.78 is 8.36. The monoisotopic (exact) mass is 455 g/mol. The van der Waals surface area contributed by atoms with Crippen LogP contribution in [0.4, 0.5) is 5.69 Å². The number of fused-ring (bicyclic) bond motifs is 1. The van der Waals surface area contributed by atoms with Gasteiger partial charge in [-0.1, -0.05) is 41.6 Å². The lowest BCUT2D eigenvalue weighted by molar-refractivity contribution is -0.113. The van der Waals surface area contributed by atoms with E-state index in [1.54, 1.807) is 48.2 Å². The highest BCUT2D eigenvalue weighted by atomic mass is 35.5. The summed E-state index contributed by atoms with van der Waals surface area (Å²) in [7, 11) is 1.55. The van der Waals surface area contributed by atoms with Crippen molar-refractivity contribution in [2.24, 2.45) is 0 Å². The Balaban J connectivity index is 1.55. The molecule has 10 heteroatoms. The van der Waals surface area contributed by atoms with Gasteiger partial charge < -0.3 is 10.1 Å². The first-order valence-electron chi connectivity index (χ1n) is 9.26. The number of nitrogens with one attached hydrogen (secondary N) is 1. The van der Waals surface area contributed by atoms with Crippen LogP contribution in [-0.4, -0.2) is 37.9 Å². The Bertz CT molecular complexity index is 1330. The predicted molar refractivity (Wildman–Crippen MR) is 121 cm³/mol. The molecule has 0 unspecified atom stereocenters. The highest BCUT2D eigenvalue weighted by Crippen LogP contribution is 2.23. The molecule has 0 fully saturated rings. The molecule has 31 heavy (non-hydrogen) atoms. The summed E-state index contributed by atoms with van der Waals surface area (Å²) in [6.07, 6.45) is 3.31. The summed E-state index contributed by atoms with van der Waals surface area (Å²) in [5, 5.41) is 11.9. The maximum Gasteiger partial charge on any atom is 0.300 e. The van der Waals surface area contributed by atoms with Crippen molar-refractivity contribution in [3.8, 4) is 11.4 Å². The number of hydrogen-bond donors (Lipinski definition) is 1. The maximum atomic E-state index is 12.9. The van der Waals surface area contributed by atoms with Crippen molar-refractivity contribution in [3.05, 3.63) is 75.8 Å². The van der Waals surface area contributed by atoms with Gasteiger partial charge in [0.2, 0.25) is 11.6 Å². The molecule has 0 aliphatic rings. The fourth-order valence-corrected chi connectivity index (χ4v) is 3.92. The van der Waals surface area contributed by atoms with Crippen LogP contribution >= 0.6 is 23.4 Å². The third-order valence-corrected chi connectivity index (χ3v) is 5.77. The van der Waals surface area contributed by atoms with Crippen molar-refractivity contribution in [2.75, 3.05) is 18.2 Å². The highest BCUT2D eigenvalue weighted by molar-refractivity contribution is 7.99. The second-order valence-electron chi connectivity index (χ2n) is 6.62. The zero-order valence-electron chi connectivity index (χ0n) is 16.7. The molecule has 2 aromatic heterocycles. The molecule has 1 amide bonds. The molecular weight excluding hydrogens is 438 g/mol. The molecule has 0 saturated carbocycles. The average molecular weight is 456 g/mol. The van der Waals surface area contributed by atoms with E-state index in [1.807, 2.05) is 25.1 Å². The molecule has 0 radical (unpaired) electrons. The van der Waals surface area contributed by atoms with Crippen LogP contribution in [0.15, 0.2) is 64.8 Å². The fourth-order valence-electron chi connectivity index (χ4n) is 3.03. The number of methoxy groups -OCH3 is 1. The molecule has 0 aliphatic heterocycles. The van der Waals surface area contributed by atoms with E-state index in [2.05, 4.69) is 15.5 Å². The molecule has 0 aliphatic carbocycles. The van der Waals surface area contributed by atoms with E-state index < -0.39 is 0 Å². The summed E-state index contributed by atoms with van der Waals surface area (Å²) in [6, 6.07) is 12.5. The molecule has 4 rings (SSSR count). The summed E-state index contributed by atoms with van der Waals surface area (Å²) >= 11 is 7.18. The Labute approximate surface area is 186 Å². The Morgan fingerprint density at radius 2 is 2.00 bits per heavy atom. The Morgan fingerprint density at radius 1 is 1.19 bits per heavy atom. The minimum Gasteiger partial charge on any atom is -0.495 e. The molecular formula is C21H18ClN5O3S. The highest BCUT2D eigenvalue weighted by Gasteiger charge is 2.15. The van der Waals surface area contributed by atoms with Crippen molar-refractivity contribution in [3.63, 3.8) is 0 Å². The van der Waals surface area contributed by atoms with Crippen LogP contribution in [0.3, 0.4) is 0 Å². The van der Waals surface area contributed by atoms with Gasteiger partial charge in [-0.05, 0) is 36.8 Å². The number of para-hydroxylation sites is 2. The molecule has 0 bridgehead atoms. The molecule has 2 aromatic carbocycles. The van der Waals surface area contributed by atoms with Gasteiger partial charge in [-0.2, -0.15) is 0 Å². The largest absolute Gasteiger partial charge is 0.495 e. The van der Waals surface area contributed by atoms with E-state index in [9.17, 15) is 9.59 Å². The van der Waals surface area contributed by atoms with Gasteiger partial charge in [0.25, 0.3) is 0 Å². The molecule has 158 valence electrons. The van der Waals surface area contributed by atoms with Crippen molar-refractivity contribution in [1.29, 1.82) is 0 Å².